The van der Waals surface area contributed by atoms with Gasteiger partial charge < -0.3 is 25.6 Å². The number of anilines is 2. The summed E-state index contributed by atoms with van der Waals surface area (Å²) in [7, 11) is 5.58. The number of pyridine rings is 3. The first kappa shape index (κ1) is 25.5. The highest BCUT2D eigenvalue weighted by molar-refractivity contribution is 5.98. The normalized spacial score (nSPS) is 19.4. The van der Waals surface area contributed by atoms with E-state index in [4.69, 9.17) is 4.98 Å². The van der Waals surface area contributed by atoms with Crippen LogP contribution in [0, 0.1) is 11.7 Å². The molecular formula is C30H30FN7O3. The smallest absolute Gasteiger partial charge is 0.341 e. The molecule has 2 fully saturated rings. The number of likely N-dealkylation sites (tertiary alicyclic amines) is 1. The molecule has 41 heavy (non-hydrogen) atoms. The van der Waals surface area contributed by atoms with Crippen molar-refractivity contribution >= 4 is 28.4 Å². The third-order valence-corrected chi connectivity index (χ3v) is 8.99. The van der Waals surface area contributed by atoms with Crippen molar-refractivity contribution in [3.8, 4) is 22.3 Å². The summed E-state index contributed by atoms with van der Waals surface area (Å²) < 4.78 is 16.3. The summed E-state index contributed by atoms with van der Waals surface area (Å²) >= 11 is 0. The Morgan fingerprint density at radius 3 is 2.68 bits per heavy atom. The Bertz CT molecular complexity index is 1820. The number of hydrogen-bond donors (Lipinski definition) is 3. The van der Waals surface area contributed by atoms with Crippen LogP contribution in [0.15, 0.2) is 41.6 Å². The van der Waals surface area contributed by atoms with Crippen LogP contribution in [-0.2, 0) is 6.42 Å². The Balaban J connectivity index is 1.48. The van der Waals surface area contributed by atoms with E-state index in [1.807, 2.05) is 6.20 Å². The number of aromatic carboxylic acids is 1. The molecule has 10 nitrogen and oxygen atoms in total. The van der Waals surface area contributed by atoms with Crippen LogP contribution >= 0.6 is 0 Å². The van der Waals surface area contributed by atoms with Gasteiger partial charge >= 0.3 is 5.97 Å². The van der Waals surface area contributed by atoms with Gasteiger partial charge in [0, 0.05) is 80.6 Å². The van der Waals surface area contributed by atoms with E-state index >= 15 is 0 Å². The molecule has 1 aromatic carbocycles. The summed E-state index contributed by atoms with van der Waals surface area (Å²) in [6.07, 6.45) is 6.45. The molecule has 7 rings (SSSR count). The van der Waals surface area contributed by atoms with E-state index in [1.54, 1.807) is 32.4 Å². The number of hydrogen-bond acceptors (Lipinski definition) is 8. The molecule has 0 amide bonds. The number of rotatable bonds is 5. The Hall–Kier alpha value is -4.51. The molecule has 0 saturated carbocycles. The standard InChI is InChI=1S/C30H30FN7O3/c1-32-23-8-17(31)7-19-18(23)9-24-26(19)27(37-12-15-4-5-36(3)25(15)14-37)21(11-34-24)16-6-20-28(39)22(30(40)41)13-38(33-2)29(20)35-10-16/h6-8,10-11,13,15,25,32-33H,4-5,9,12,14H2,1-3H3,(H,40,41)/t15-,25+/m0/s1. The number of carboxylic acids is 1. The summed E-state index contributed by atoms with van der Waals surface area (Å²) in [6, 6.07) is 5.22. The van der Waals surface area contributed by atoms with Crippen LogP contribution in [0.5, 0.6) is 0 Å². The number of benzene rings is 1. The molecule has 0 bridgehead atoms. The molecule has 0 unspecified atom stereocenters. The van der Waals surface area contributed by atoms with E-state index < -0.39 is 11.4 Å². The molecule has 4 aromatic rings. The van der Waals surface area contributed by atoms with Crippen LogP contribution in [-0.4, -0.2) is 77.4 Å². The maximum atomic E-state index is 14.9. The molecule has 5 heterocycles. The lowest BCUT2D eigenvalue weighted by Crippen LogP contribution is -2.32. The van der Waals surface area contributed by atoms with Gasteiger partial charge in [0.05, 0.1) is 16.8 Å². The largest absolute Gasteiger partial charge is 0.477 e. The minimum atomic E-state index is -1.31. The van der Waals surface area contributed by atoms with Crippen molar-refractivity contribution < 1.29 is 14.3 Å². The van der Waals surface area contributed by atoms with Gasteiger partial charge in [0.2, 0.25) is 5.43 Å². The van der Waals surface area contributed by atoms with Crippen molar-refractivity contribution in [3.05, 3.63) is 69.7 Å². The first-order valence-corrected chi connectivity index (χ1v) is 13.7. The van der Waals surface area contributed by atoms with Crippen LogP contribution in [0.3, 0.4) is 0 Å². The molecule has 3 N–H and O–H groups in total. The maximum Gasteiger partial charge on any atom is 0.341 e. The van der Waals surface area contributed by atoms with Crippen LogP contribution in [0.2, 0.25) is 0 Å². The predicted octanol–water partition coefficient (Wildman–Crippen LogP) is 3.22. The second-order valence-corrected chi connectivity index (χ2v) is 11.1. The van der Waals surface area contributed by atoms with E-state index in [2.05, 4.69) is 32.6 Å². The number of halogens is 1. The van der Waals surface area contributed by atoms with Crippen LogP contribution in [0.1, 0.15) is 28.0 Å². The van der Waals surface area contributed by atoms with E-state index in [-0.39, 0.29) is 16.8 Å². The number of nitrogens with zero attached hydrogens (tertiary/aromatic N) is 5. The van der Waals surface area contributed by atoms with Crippen molar-refractivity contribution in [2.75, 3.05) is 56.4 Å². The molecule has 3 aliphatic rings. The number of carbonyl (C=O) groups is 1. The van der Waals surface area contributed by atoms with Crippen LogP contribution in [0.25, 0.3) is 33.3 Å². The third-order valence-electron chi connectivity index (χ3n) is 8.99. The van der Waals surface area contributed by atoms with Crippen molar-refractivity contribution in [2.24, 2.45) is 5.92 Å². The Kier molecular flexibility index (Phi) is 5.75. The van der Waals surface area contributed by atoms with E-state index in [0.29, 0.717) is 29.6 Å². The summed E-state index contributed by atoms with van der Waals surface area (Å²) in [5.41, 5.74) is 8.98. The molecule has 11 heteroatoms. The molecule has 1 aliphatic carbocycles. The summed E-state index contributed by atoms with van der Waals surface area (Å²) in [5, 5.41) is 13.0. The van der Waals surface area contributed by atoms with E-state index in [9.17, 15) is 19.1 Å². The molecule has 2 aliphatic heterocycles. The fourth-order valence-electron chi connectivity index (χ4n) is 6.97. The Morgan fingerprint density at radius 2 is 1.95 bits per heavy atom. The topological polar surface area (TPSA) is 116 Å². The highest BCUT2D eigenvalue weighted by Crippen LogP contribution is 2.50. The number of carboxylic acid groups (broad SMARTS) is 1. The molecule has 0 spiro atoms. The van der Waals surface area contributed by atoms with Crippen molar-refractivity contribution in [2.45, 2.75) is 18.9 Å². The molecule has 2 atom stereocenters. The van der Waals surface area contributed by atoms with Crippen LogP contribution < -0.4 is 21.1 Å². The van der Waals surface area contributed by atoms with Gasteiger partial charge in [-0.1, -0.05) is 0 Å². The van der Waals surface area contributed by atoms with Gasteiger partial charge in [-0.3, -0.25) is 9.78 Å². The molecule has 210 valence electrons. The average Bonchev–Trinajstić information content (AvgIpc) is 3.66. The van der Waals surface area contributed by atoms with E-state index in [0.717, 1.165) is 65.4 Å². The fraction of sp³-hybridized carbons (Fsp3) is 0.333. The minimum absolute atomic E-state index is 0.185. The van der Waals surface area contributed by atoms with Gasteiger partial charge in [-0.05, 0) is 55.3 Å². The van der Waals surface area contributed by atoms with Gasteiger partial charge in [-0.15, -0.1) is 0 Å². The highest BCUT2D eigenvalue weighted by atomic mass is 19.1. The highest BCUT2D eigenvalue weighted by Gasteiger charge is 2.42. The lowest BCUT2D eigenvalue weighted by Gasteiger charge is -2.27. The first-order valence-electron chi connectivity index (χ1n) is 13.7. The SMILES string of the molecule is CNc1cc(F)cc2c1Cc1ncc(-c3cnc4c(c3)c(=O)c(C(=O)O)cn4NC)c(N3C[C@@H]4CCN(C)[C@@H]4C3)c1-2. The lowest BCUT2D eigenvalue weighted by atomic mass is 9.97. The zero-order valence-corrected chi connectivity index (χ0v) is 23.0. The van der Waals surface area contributed by atoms with Gasteiger partial charge in [0.15, 0.2) is 5.65 Å². The Labute approximate surface area is 235 Å². The summed E-state index contributed by atoms with van der Waals surface area (Å²) in [4.78, 5) is 39.3. The zero-order chi connectivity index (χ0) is 28.6. The van der Waals surface area contributed by atoms with Gasteiger partial charge in [0.25, 0.3) is 0 Å². The fourth-order valence-corrected chi connectivity index (χ4v) is 6.97. The molecule has 3 aromatic heterocycles. The zero-order valence-electron chi connectivity index (χ0n) is 23.0. The van der Waals surface area contributed by atoms with Crippen molar-refractivity contribution in [3.63, 3.8) is 0 Å². The second kappa shape index (κ2) is 9.27. The monoisotopic (exact) mass is 555 g/mol. The average molecular weight is 556 g/mol. The van der Waals surface area contributed by atoms with Crippen molar-refractivity contribution in [1.29, 1.82) is 0 Å². The van der Waals surface area contributed by atoms with Gasteiger partial charge in [0.1, 0.15) is 11.4 Å². The minimum Gasteiger partial charge on any atom is -0.477 e. The number of likely N-dealkylation sites (N-methyl/N-ethyl adjacent to an activating group) is 1. The van der Waals surface area contributed by atoms with E-state index in [1.165, 1.54) is 16.9 Å². The predicted molar refractivity (Wildman–Crippen MR) is 156 cm³/mol. The summed E-state index contributed by atoms with van der Waals surface area (Å²) in [6.45, 7) is 2.76. The van der Waals surface area contributed by atoms with Crippen molar-refractivity contribution in [1.82, 2.24) is 19.5 Å². The summed E-state index contributed by atoms with van der Waals surface area (Å²) in [5.74, 6) is -1.11. The Morgan fingerprint density at radius 1 is 1.12 bits per heavy atom. The number of aromatic nitrogens is 3. The van der Waals surface area contributed by atoms with Crippen LogP contribution in [0.4, 0.5) is 15.8 Å². The number of nitrogens with one attached hydrogen (secondary N) is 2. The molecule has 2 saturated heterocycles. The second-order valence-electron chi connectivity index (χ2n) is 11.1. The molecule has 0 radical (unpaired) electrons. The lowest BCUT2D eigenvalue weighted by molar-refractivity contribution is 0.0695. The van der Waals surface area contributed by atoms with Gasteiger partial charge in [-0.2, -0.15) is 0 Å². The third kappa shape index (κ3) is 3.79. The van der Waals surface area contributed by atoms with Gasteiger partial charge in [-0.25, -0.2) is 18.8 Å². The molecular weight excluding hydrogens is 525 g/mol. The number of fused-ring (bicyclic) bond motifs is 5. The first-order chi connectivity index (χ1) is 19.8. The quantitative estimate of drug-likeness (QED) is 0.301. The maximum absolute atomic E-state index is 14.9.